The SMILES string of the molecule is O=C(C1CC1)N1CCC(COc2cccc(C(F)(F)F)n2)CC1. The zero-order valence-electron chi connectivity index (χ0n) is 12.7. The van der Waals surface area contributed by atoms with Crippen molar-refractivity contribution in [2.75, 3.05) is 19.7 Å². The Labute approximate surface area is 132 Å². The monoisotopic (exact) mass is 328 g/mol. The lowest BCUT2D eigenvalue weighted by Crippen LogP contribution is -2.40. The fourth-order valence-corrected chi connectivity index (χ4v) is 2.76. The van der Waals surface area contributed by atoms with Gasteiger partial charge < -0.3 is 9.64 Å². The molecule has 1 aromatic heterocycles. The number of aromatic nitrogens is 1. The molecule has 2 aliphatic rings. The van der Waals surface area contributed by atoms with E-state index in [-0.39, 0.29) is 23.6 Å². The second kappa shape index (κ2) is 6.37. The number of alkyl halides is 3. The van der Waals surface area contributed by atoms with Gasteiger partial charge >= 0.3 is 6.18 Å². The Hall–Kier alpha value is -1.79. The summed E-state index contributed by atoms with van der Waals surface area (Å²) in [4.78, 5) is 17.3. The summed E-state index contributed by atoms with van der Waals surface area (Å²) in [6, 6.07) is 3.65. The van der Waals surface area contributed by atoms with Crippen molar-refractivity contribution in [1.29, 1.82) is 0 Å². The van der Waals surface area contributed by atoms with Crippen molar-refractivity contribution in [3.8, 4) is 5.88 Å². The fourth-order valence-electron chi connectivity index (χ4n) is 2.76. The number of amides is 1. The van der Waals surface area contributed by atoms with E-state index in [1.165, 1.54) is 12.1 Å². The van der Waals surface area contributed by atoms with Crippen molar-refractivity contribution in [2.24, 2.45) is 11.8 Å². The number of piperidine rings is 1. The van der Waals surface area contributed by atoms with Crippen molar-refractivity contribution in [2.45, 2.75) is 31.9 Å². The third-order valence-corrected chi connectivity index (χ3v) is 4.33. The Kier molecular flexibility index (Phi) is 4.46. The number of pyridine rings is 1. The third-order valence-electron chi connectivity index (χ3n) is 4.33. The summed E-state index contributed by atoms with van der Waals surface area (Å²) < 4.78 is 43.2. The summed E-state index contributed by atoms with van der Waals surface area (Å²) in [5, 5.41) is 0. The van der Waals surface area contributed by atoms with Crippen LogP contribution in [0.3, 0.4) is 0 Å². The molecule has 0 aromatic carbocycles. The van der Waals surface area contributed by atoms with Crippen LogP contribution < -0.4 is 4.74 Å². The molecule has 3 rings (SSSR count). The quantitative estimate of drug-likeness (QED) is 0.853. The highest BCUT2D eigenvalue weighted by atomic mass is 19.4. The van der Waals surface area contributed by atoms with Gasteiger partial charge in [0.2, 0.25) is 11.8 Å². The average Bonchev–Trinajstić information content (AvgIpc) is 3.37. The maximum Gasteiger partial charge on any atom is 0.433 e. The van der Waals surface area contributed by atoms with Crippen molar-refractivity contribution < 1.29 is 22.7 Å². The molecule has 4 nitrogen and oxygen atoms in total. The number of hydrogen-bond acceptors (Lipinski definition) is 3. The molecule has 0 radical (unpaired) electrons. The van der Waals surface area contributed by atoms with Gasteiger partial charge in [-0.1, -0.05) is 6.07 Å². The molecule has 1 saturated carbocycles. The maximum atomic E-state index is 12.6. The summed E-state index contributed by atoms with van der Waals surface area (Å²) in [6.07, 6.45) is -0.825. The average molecular weight is 328 g/mol. The lowest BCUT2D eigenvalue weighted by molar-refractivity contribution is -0.141. The molecule has 23 heavy (non-hydrogen) atoms. The number of ether oxygens (including phenoxy) is 1. The first kappa shape index (κ1) is 16.1. The largest absolute Gasteiger partial charge is 0.477 e. The van der Waals surface area contributed by atoms with Crippen LogP contribution in [0.25, 0.3) is 0 Å². The van der Waals surface area contributed by atoms with E-state index in [0.717, 1.165) is 31.7 Å². The van der Waals surface area contributed by atoms with E-state index in [1.54, 1.807) is 0 Å². The predicted molar refractivity (Wildman–Crippen MR) is 76.8 cm³/mol. The Bertz CT molecular complexity index is 565. The van der Waals surface area contributed by atoms with Gasteiger partial charge in [-0.05, 0) is 37.7 Å². The Morgan fingerprint density at radius 1 is 1.22 bits per heavy atom. The fraction of sp³-hybridized carbons (Fsp3) is 0.625. The molecule has 1 amide bonds. The first-order valence-corrected chi connectivity index (χ1v) is 7.89. The van der Waals surface area contributed by atoms with Crippen molar-refractivity contribution in [3.63, 3.8) is 0 Å². The highest BCUT2D eigenvalue weighted by Crippen LogP contribution is 2.32. The Balaban J connectivity index is 1.47. The molecular weight excluding hydrogens is 309 g/mol. The number of likely N-dealkylation sites (tertiary alicyclic amines) is 1. The van der Waals surface area contributed by atoms with Crippen LogP contribution in [0.15, 0.2) is 18.2 Å². The van der Waals surface area contributed by atoms with Gasteiger partial charge in [0, 0.05) is 25.1 Å². The molecule has 1 saturated heterocycles. The van der Waals surface area contributed by atoms with E-state index in [1.807, 2.05) is 4.90 Å². The van der Waals surface area contributed by atoms with Crippen LogP contribution >= 0.6 is 0 Å². The van der Waals surface area contributed by atoms with Crippen LogP contribution in [-0.4, -0.2) is 35.5 Å². The van der Waals surface area contributed by atoms with Gasteiger partial charge in [0.05, 0.1) is 6.61 Å². The molecule has 1 aromatic rings. The molecule has 1 aliphatic heterocycles. The Morgan fingerprint density at radius 3 is 2.52 bits per heavy atom. The number of carbonyl (C=O) groups excluding carboxylic acids is 1. The summed E-state index contributed by atoms with van der Waals surface area (Å²) >= 11 is 0. The minimum atomic E-state index is -4.46. The number of hydrogen-bond donors (Lipinski definition) is 0. The molecule has 2 heterocycles. The highest BCUT2D eigenvalue weighted by Gasteiger charge is 2.35. The van der Waals surface area contributed by atoms with Crippen LogP contribution in [0.5, 0.6) is 5.88 Å². The second-order valence-electron chi connectivity index (χ2n) is 6.21. The van der Waals surface area contributed by atoms with Crippen molar-refractivity contribution in [3.05, 3.63) is 23.9 Å². The summed E-state index contributed by atoms with van der Waals surface area (Å²) in [5.41, 5.74) is -0.945. The van der Waals surface area contributed by atoms with Crippen molar-refractivity contribution >= 4 is 5.91 Å². The normalized spacial score (nSPS) is 19.7. The van der Waals surface area contributed by atoms with Crippen LogP contribution in [0.1, 0.15) is 31.4 Å². The zero-order valence-corrected chi connectivity index (χ0v) is 12.7. The first-order valence-electron chi connectivity index (χ1n) is 7.89. The van der Waals surface area contributed by atoms with E-state index in [9.17, 15) is 18.0 Å². The first-order chi connectivity index (χ1) is 10.9. The van der Waals surface area contributed by atoms with Gasteiger partial charge in [-0.2, -0.15) is 13.2 Å². The van der Waals surface area contributed by atoms with E-state index < -0.39 is 11.9 Å². The smallest absolute Gasteiger partial charge is 0.433 e. The second-order valence-corrected chi connectivity index (χ2v) is 6.21. The van der Waals surface area contributed by atoms with Gasteiger partial charge in [-0.3, -0.25) is 4.79 Å². The van der Waals surface area contributed by atoms with E-state index in [2.05, 4.69) is 4.98 Å². The van der Waals surface area contributed by atoms with Gasteiger partial charge in [-0.25, -0.2) is 4.98 Å². The molecule has 2 fully saturated rings. The molecule has 1 aliphatic carbocycles. The highest BCUT2D eigenvalue weighted by molar-refractivity contribution is 5.81. The van der Waals surface area contributed by atoms with Gasteiger partial charge in [-0.15, -0.1) is 0 Å². The van der Waals surface area contributed by atoms with E-state index >= 15 is 0 Å². The zero-order chi connectivity index (χ0) is 16.4. The maximum absolute atomic E-state index is 12.6. The lowest BCUT2D eigenvalue weighted by atomic mass is 9.97. The van der Waals surface area contributed by atoms with Gasteiger partial charge in [0.15, 0.2) is 0 Å². The molecule has 7 heteroatoms. The molecule has 0 spiro atoms. The van der Waals surface area contributed by atoms with Crippen LogP contribution in [-0.2, 0) is 11.0 Å². The standard InChI is InChI=1S/C16H19F3N2O2/c17-16(18,19)13-2-1-3-14(20-13)23-10-11-6-8-21(9-7-11)15(22)12-4-5-12/h1-3,11-12H,4-10H2. The van der Waals surface area contributed by atoms with Crippen LogP contribution in [0, 0.1) is 11.8 Å². The molecule has 126 valence electrons. The molecule has 0 bridgehead atoms. The van der Waals surface area contributed by atoms with E-state index in [4.69, 9.17) is 4.74 Å². The number of rotatable bonds is 4. The molecular formula is C16H19F3N2O2. The summed E-state index contributed by atoms with van der Waals surface area (Å²) in [5.74, 6) is 0.729. The molecule has 0 atom stereocenters. The number of nitrogens with zero attached hydrogens (tertiary/aromatic N) is 2. The minimum Gasteiger partial charge on any atom is -0.477 e. The van der Waals surface area contributed by atoms with Gasteiger partial charge in [0.1, 0.15) is 5.69 Å². The molecule has 0 N–H and O–H groups in total. The summed E-state index contributed by atoms with van der Waals surface area (Å²) in [7, 11) is 0. The Morgan fingerprint density at radius 2 is 1.91 bits per heavy atom. The third kappa shape index (κ3) is 4.14. The lowest BCUT2D eigenvalue weighted by Gasteiger charge is -2.32. The number of carbonyl (C=O) groups is 1. The number of halogens is 3. The minimum absolute atomic E-state index is 0.00342. The van der Waals surface area contributed by atoms with Crippen molar-refractivity contribution in [1.82, 2.24) is 9.88 Å². The van der Waals surface area contributed by atoms with Crippen LogP contribution in [0.4, 0.5) is 13.2 Å². The predicted octanol–water partition coefficient (Wildman–Crippen LogP) is 3.13. The topological polar surface area (TPSA) is 42.4 Å². The van der Waals surface area contributed by atoms with E-state index in [0.29, 0.717) is 19.7 Å². The summed E-state index contributed by atoms with van der Waals surface area (Å²) in [6.45, 7) is 1.75. The van der Waals surface area contributed by atoms with Crippen LogP contribution in [0.2, 0.25) is 0 Å². The van der Waals surface area contributed by atoms with Gasteiger partial charge in [0.25, 0.3) is 0 Å². The molecule has 0 unspecified atom stereocenters.